The minimum atomic E-state index is -3.32. The summed E-state index contributed by atoms with van der Waals surface area (Å²) in [6, 6.07) is 7.15. The molecule has 0 saturated carbocycles. The Morgan fingerprint density at radius 2 is 1.86 bits per heavy atom. The Kier molecular flexibility index (Phi) is 4.83. The van der Waals surface area contributed by atoms with Gasteiger partial charge < -0.3 is 15.1 Å². The molecule has 152 valence electrons. The first-order valence-electron chi connectivity index (χ1n) is 9.28. The van der Waals surface area contributed by atoms with Crippen LogP contribution in [0.5, 0.6) is 0 Å². The van der Waals surface area contributed by atoms with Gasteiger partial charge >= 0.3 is 6.01 Å². The first-order valence-corrected chi connectivity index (χ1v) is 10.8. The zero-order chi connectivity index (χ0) is 20.8. The van der Waals surface area contributed by atoms with Gasteiger partial charge in [-0.05, 0) is 32.9 Å². The van der Waals surface area contributed by atoms with Gasteiger partial charge in [0.15, 0.2) is 9.84 Å². The molecule has 0 atom stereocenters. The molecule has 29 heavy (non-hydrogen) atoms. The van der Waals surface area contributed by atoms with Crippen molar-refractivity contribution in [3.05, 3.63) is 36.2 Å². The van der Waals surface area contributed by atoms with E-state index in [0.29, 0.717) is 36.2 Å². The number of anilines is 1. The van der Waals surface area contributed by atoms with Gasteiger partial charge in [0.25, 0.3) is 5.89 Å². The van der Waals surface area contributed by atoms with E-state index in [9.17, 15) is 8.42 Å². The van der Waals surface area contributed by atoms with Gasteiger partial charge in [-0.3, -0.25) is 4.98 Å². The van der Waals surface area contributed by atoms with E-state index >= 15 is 0 Å². The molecular weight excluding hydrogens is 392 g/mol. The van der Waals surface area contributed by atoms with Crippen molar-refractivity contribution in [2.24, 2.45) is 5.73 Å². The number of nitrogens with zero attached hydrogens (tertiary/aromatic N) is 5. The molecule has 1 aliphatic heterocycles. The van der Waals surface area contributed by atoms with Gasteiger partial charge in [-0.25, -0.2) is 13.4 Å². The van der Waals surface area contributed by atoms with Gasteiger partial charge in [0.1, 0.15) is 5.69 Å². The van der Waals surface area contributed by atoms with Crippen LogP contribution in [0.2, 0.25) is 0 Å². The second-order valence-corrected chi connectivity index (χ2v) is 9.87. The molecule has 1 aromatic carbocycles. The maximum Gasteiger partial charge on any atom is 0.318 e. The molecule has 1 saturated heterocycles. The normalized spacial score (nSPS) is 15.0. The minimum absolute atomic E-state index is 0.123. The smallest absolute Gasteiger partial charge is 0.318 e. The monoisotopic (exact) mass is 414 g/mol. The van der Waals surface area contributed by atoms with Crippen molar-refractivity contribution in [1.29, 1.82) is 0 Å². The van der Waals surface area contributed by atoms with Crippen LogP contribution in [0.15, 0.2) is 39.8 Å². The Labute approximate surface area is 168 Å². The predicted octanol–water partition coefficient (Wildman–Crippen LogP) is 1.83. The van der Waals surface area contributed by atoms with Crippen molar-refractivity contribution in [2.45, 2.75) is 37.0 Å². The highest BCUT2D eigenvalue weighted by molar-refractivity contribution is 7.92. The third-order valence-corrected chi connectivity index (χ3v) is 7.02. The molecular formula is C19H22N6O3S. The van der Waals surface area contributed by atoms with Crippen LogP contribution in [0.25, 0.3) is 22.8 Å². The van der Waals surface area contributed by atoms with Crippen LogP contribution in [-0.4, -0.2) is 53.0 Å². The number of sulfone groups is 1. The third kappa shape index (κ3) is 3.60. The summed E-state index contributed by atoms with van der Waals surface area (Å²) in [4.78, 5) is 11.2. The molecule has 0 bridgehead atoms. The lowest BCUT2D eigenvalue weighted by atomic mass is 10.1. The second kappa shape index (κ2) is 7.20. The zero-order valence-corrected chi connectivity index (χ0v) is 17.2. The molecule has 1 fully saturated rings. The minimum Gasteiger partial charge on any atom is -0.401 e. The summed E-state index contributed by atoms with van der Waals surface area (Å²) in [5.41, 5.74) is 8.27. The number of rotatable bonds is 5. The van der Waals surface area contributed by atoms with Crippen molar-refractivity contribution < 1.29 is 12.8 Å². The van der Waals surface area contributed by atoms with Gasteiger partial charge in [0.2, 0.25) is 0 Å². The van der Waals surface area contributed by atoms with Gasteiger partial charge in [0.05, 0.1) is 27.7 Å². The van der Waals surface area contributed by atoms with E-state index in [-0.39, 0.29) is 16.8 Å². The first kappa shape index (κ1) is 19.5. The Morgan fingerprint density at radius 3 is 2.48 bits per heavy atom. The quantitative estimate of drug-likeness (QED) is 0.665. The number of hydrogen-bond acceptors (Lipinski definition) is 9. The van der Waals surface area contributed by atoms with E-state index < -0.39 is 15.1 Å². The molecule has 0 aliphatic carbocycles. The van der Waals surface area contributed by atoms with Gasteiger partial charge in [0, 0.05) is 24.7 Å². The van der Waals surface area contributed by atoms with E-state index in [0.717, 1.165) is 5.56 Å². The topological polar surface area (TPSA) is 128 Å². The molecule has 0 radical (unpaired) electrons. The van der Waals surface area contributed by atoms with Crippen molar-refractivity contribution in [2.75, 3.05) is 18.0 Å². The van der Waals surface area contributed by atoms with Crippen molar-refractivity contribution >= 4 is 15.9 Å². The van der Waals surface area contributed by atoms with Gasteiger partial charge in [-0.1, -0.05) is 17.2 Å². The van der Waals surface area contributed by atoms with Crippen LogP contribution >= 0.6 is 0 Å². The van der Waals surface area contributed by atoms with Crippen molar-refractivity contribution in [3.63, 3.8) is 0 Å². The number of aromatic nitrogens is 4. The Balaban J connectivity index is 1.64. The highest BCUT2D eigenvalue weighted by Gasteiger charge is 2.28. The Bertz CT molecular complexity index is 1140. The first-order chi connectivity index (χ1) is 13.8. The molecule has 9 nitrogen and oxygen atoms in total. The van der Waals surface area contributed by atoms with Crippen LogP contribution < -0.4 is 10.6 Å². The maximum atomic E-state index is 12.3. The molecule has 3 heterocycles. The van der Waals surface area contributed by atoms with E-state index in [1.54, 1.807) is 44.3 Å². The van der Waals surface area contributed by atoms with E-state index in [1.807, 2.05) is 11.8 Å². The molecule has 10 heteroatoms. The maximum absolute atomic E-state index is 12.3. The molecule has 2 aromatic heterocycles. The SMILES string of the molecule is Cc1ncc(-c2ccc(S(=O)(=O)C(C)C)cc2)nc1-c1nnc(N2CC(N)C2)o1. The summed E-state index contributed by atoms with van der Waals surface area (Å²) < 4.78 is 30.4. The number of hydrogen-bond donors (Lipinski definition) is 1. The molecule has 4 rings (SSSR count). The van der Waals surface area contributed by atoms with Crippen molar-refractivity contribution in [3.8, 4) is 22.8 Å². The largest absolute Gasteiger partial charge is 0.401 e. The predicted molar refractivity (Wildman–Crippen MR) is 108 cm³/mol. The fourth-order valence-corrected chi connectivity index (χ4v) is 4.05. The Hall–Kier alpha value is -2.85. The zero-order valence-electron chi connectivity index (χ0n) is 16.4. The molecule has 0 amide bonds. The summed E-state index contributed by atoms with van der Waals surface area (Å²) in [6.45, 7) is 6.49. The average Bonchev–Trinajstić information content (AvgIpc) is 3.15. The fraction of sp³-hybridized carbons (Fsp3) is 0.368. The molecule has 3 aromatic rings. The lowest BCUT2D eigenvalue weighted by Crippen LogP contribution is -2.56. The number of nitrogens with two attached hydrogens (primary N) is 1. The number of aryl methyl sites for hydroxylation is 1. The van der Waals surface area contributed by atoms with Crippen LogP contribution in [0, 0.1) is 6.92 Å². The standard InChI is InChI=1S/C19H22N6O3S/c1-11(2)29(26,27)15-6-4-13(5-7-15)16-8-21-12(3)17(22-16)18-23-24-19(28-18)25-9-14(20)10-25/h4-8,11,14H,9-10,20H2,1-3H3. The summed E-state index contributed by atoms with van der Waals surface area (Å²) in [6.07, 6.45) is 1.64. The fourth-order valence-electron chi connectivity index (χ4n) is 2.99. The average molecular weight is 414 g/mol. The summed E-state index contributed by atoms with van der Waals surface area (Å²) >= 11 is 0. The van der Waals surface area contributed by atoms with Crippen LogP contribution in [0.4, 0.5) is 6.01 Å². The molecule has 2 N–H and O–H groups in total. The van der Waals surface area contributed by atoms with E-state index in [2.05, 4.69) is 20.2 Å². The van der Waals surface area contributed by atoms with E-state index in [4.69, 9.17) is 10.2 Å². The van der Waals surface area contributed by atoms with Gasteiger partial charge in [-0.2, -0.15) is 0 Å². The lowest BCUT2D eigenvalue weighted by Gasteiger charge is -2.34. The third-order valence-electron chi connectivity index (χ3n) is 4.85. The summed E-state index contributed by atoms with van der Waals surface area (Å²) in [5, 5.41) is 7.68. The van der Waals surface area contributed by atoms with E-state index in [1.165, 1.54) is 0 Å². The van der Waals surface area contributed by atoms with Crippen molar-refractivity contribution in [1.82, 2.24) is 20.2 Å². The Morgan fingerprint density at radius 1 is 1.17 bits per heavy atom. The highest BCUT2D eigenvalue weighted by Crippen LogP contribution is 2.27. The molecule has 1 aliphatic rings. The molecule has 0 unspecified atom stereocenters. The lowest BCUT2D eigenvalue weighted by molar-refractivity contribution is 0.452. The summed E-state index contributed by atoms with van der Waals surface area (Å²) in [7, 11) is -3.32. The number of benzene rings is 1. The van der Waals surface area contributed by atoms with Crippen LogP contribution in [-0.2, 0) is 9.84 Å². The summed E-state index contributed by atoms with van der Waals surface area (Å²) in [5.74, 6) is 0.284. The molecule has 0 spiro atoms. The second-order valence-electron chi connectivity index (χ2n) is 7.36. The van der Waals surface area contributed by atoms with Gasteiger partial charge in [-0.15, -0.1) is 5.10 Å². The highest BCUT2D eigenvalue weighted by atomic mass is 32.2. The van der Waals surface area contributed by atoms with Crippen LogP contribution in [0.1, 0.15) is 19.5 Å². The van der Waals surface area contributed by atoms with Crippen LogP contribution in [0.3, 0.4) is 0 Å².